The van der Waals surface area contributed by atoms with Crippen molar-refractivity contribution in [1.82, 2.24) is 4.98 Å². The van der Waals surface area contributed by atoms with Gasteiger partial charge < -0.3 is 9.72 Å². The molecule has 1 N–H and O–H groups in total. The lowest BCUT2D eigenvalue weighted by Crippen LogP contribution is -1.94. The topological polar surface area (TPSA) is 25.0 Å². The fraction of sp³-hybridized carbons (Fsp3) is 0.500. The van der Waals surface area contributed by atoms with Gasteiger partial charge in [0, 0.05) is 18.5 Å². The Morgan fingerprint density at radius 1 is 1.60 bits per heavy atom. The zero-order valence-electron chi connectivity index (χ0n) is 5.84. The molecule has 1 aliphatic heterocycles. The van der Waals surface area contributed by atoms with E-state index in [1.165, 1.54) is 18.5 Å². The van der Waals surface area contributed by atoms with E-state index < -0.39 is 0 Å². The number of nitrogens with one attached hydrogen (secondary N) is 1. The van der Waals surface area contributed by atoms with Crippen molar-refractivity contribution < 1.29 is 4.74 Å². The zero-order valence-corrected chi connectivity index (χ0v) is 5.84. The summed E-state index contributed by atoms with van der Waals surface area (Å²) in [7, 11) is 0. The van der Waals surface area contributed by atoms with Gasteiger partial charge in [0.2, 0.25) is 0 Å². The predicted octanol–water partition coefficient (Wildman–Crippen LogP) is 1.87. The largest absolute Gasteiger partial charge is 0.372 e. The number of ether oxygens (including phenoxy) is 1. The average molecular weight is 137 g/mol. The van der Waals surface area contributed by atoms with Crippen LogP contribution in [0.2, 0.25) is 0 Å². The summed E-state index contributed by atoms with van der Waals surface area (Å²) >= 11 is 0. The number of aromatic amines is 1. The monoisotopic (exact) mass is 137 g/mol. The van der Waals surface area contributed by atoms with Crippen LogP contribution in [0.5, 0.6) is 0 Å². The highest BCUT2D eigenvalue weighted by molar-refractivity contribution is 5.07. The van der Waals surface area contributed by atoms with Gasteiger partial charge in [0.05, 0.1) is 6.10 Å². The van der Waals surface area contributed by atoms with Gasteiger partial charge in [-0.1, -0.05) is 0 Å². The molecule has 1 atom stereocenters. The molecule has 0 aliphatic carbocycles. The van der Waals surface area contributed by atoms with Crippen molar-refractivity contribution in [2.24, 2.45) is 0 Å². The second kappa shape index (κ2) is 2.46. The first-order valence-electron chi connectivity index (χ1n) is 3.72. The molecule has 0 amide bonds. The summed E-state index contributed by atoms with van der Waals surface area (Å²) in [6.45, 7) is 0.920. The molecule has 1 aromatic heterocycles. The Balaban J connectivity index is 2.12. The van der Waals surface area contributed by atoms with E-state index in [1.54, 1.807) is 0 Å². The molecule has 0 bridgehead atoms. The standard InChI is InChI=1S/C8H11NO/c1-3-7(9-5-1)8-4-2-6-10-8/h1,3,5,8-9H,2,4,6H2. The minimum Gasteiger partial charge on any atom is -0.372 e. The predicted molar refractivity (Wildman–Crippen MR) is 38.7 cm³/mol. The number of H-pyrrole nitrogens is 1. The first kappa shape index (κ1) is 5.98. The van der Waals surface area contributed by atoms with E-state index in [4.69, 9.17) is 4.74 Å². The number of hydrogen-bond donors (Lipinski definition) is 1. The summed E-state index contributed by atoms with van der Waals surface area (Å²) in [5.74, 6) is 0. The van der Waals surface area contributed by atoms with Crippen LogP contribution in [0, 0.1) is 0 Å². The molecule has 2 heteroatoms. The summed E-state index contributed by atoms with van der Waals surface area (Å²) in [5.41, 5.74) is 1.22. The second-order valence-corrected chi connectivity index (χ2v) is 2.63. The fourth-order valence-corrected chi connectivity index (χ4v) is 1.37. The molecule has 1 aliphatic rings. The van der Waals surface area contributed by atoms with Crippen LogP contribution in [0.1, 0.15) is 24.6 Å². The van der Waals surface area contributed by atoms with Gasteiger partial charge in [0.25, 0.3) is 0 Å². The van der Waals surface area contributed by atoms with Crippen molar-refractivity contribution in [3.63, 3.8) is 0 Å². The van der Waals surface area contributed by atoms with E-state index in [2.05, 4.69) is 11.1 Å². The summed E-state index contributed by atoms with van der Waals surface area (Å²) < 4.78 is 5.47. The van der Waals surface area contributed by atoms with Gasteiger partial charge in [-0.25, -0.2) is 0 Å². The maximum Gasteiger partial charge on any atom is 0.0973 e. The van der Waals surface area contributed by atoms with E-state index in [1.807, 2.05) is 12.3 Å². The third-order valence-electron chi connectivity index (χ3n) is 1.90. The third-order valence-corrected chi connectivity index (χ3v) is 1.90. The van der Waals surface area contributed by atoms with Crippen molar-refractivity contribution in [1.29, 1.82) is 0 Å². The summed E-state index contributed by atoms with van der Waals surface area (Å²) in [6, 6.07) is 4.09. The minimum absolute atomic E-state index is 0.343. The molecule has 1 aromatic rings. The van der Waals surface area contributed by atoms with Gasteiger partial charge >= 0.3 is 0 Å². The Bertz CT molecular complexity index is 187. The molecule has 0 aromatic carbocycles. The van der Waals surface area contributed by atoms with Gasteiger partial charge in [0.1, 0.15) is 0 Å². The average Bonchev–Trinajstić information content (AvgIpc) is 2.59. The lowest BCUT2D eigenvalue weighted by atomic mass is 10.2. The first-order valence-corrected chi connectivity index (χ1v) is 3.72. The van der Waals surface area contributed by atoms with E-state index in [0.29, 0.717) is 6.10 Å². The first-order chi connectivity index (χ1) is 4.97. The van der Waals surface area contributed by atoms with Crippen LogP contribution < -0.4 is 0 Å². The van der Waals surface area contributed by atoms with Crippen LogP contribution in [0.4, 0.5) is 0 Å². The highest BCUT2D eigenvalue weighted by Gasteiger charge is 2.17. The molecule has 0 saturated carbocycles. The minimum atomic E-state index is 0.343. The maximum atomic E-state index is 5.47. The molecular weight excluding hydrogens is 126 g/mol. The summed E-state index contributed by atoms with van der Waals surface area (Å²) in [5, 5.41) is 0. The molecule has 0 spiro atoms. The zero-order chi connectivity index (χ0) is 6.81. The molecule has 1 unspecified atom stereocenters. The van der Waals surface area contributed by atoms with Crippen LogP contribution in [-0.4, -0.2) is 11.6 Å². The number of aromatic nitrogens is 1. The van der Waals surface area contributed by atoms with Gasteiger partial charge in [-0.2, -0.15) is 0 Å². The normalized spacial score (nSPS) is 25.4. The molecule has 10 heavy (non-hydrogen) atoms. The van der Waals surface area contributed by atoms with E-state index in [9.17, 15) is 0 Å². The summed E-state index contributed by atoms with van der Waals surface area (Å²) in [6.07, 6.45) is 4.65. The highest BCUT2D eigenvalue weighted by atomic mass is 16.5. The van der Waals surface area contributed by atoms with Gasteiger partial charge in [0.15, 0.2) is 0 Å². The molecule has 2 nitrogen and oxygen atoms in total. The molecule has 1 saturated heterocycles. The lowest BCUT2D eigenvalue weighted by Gasteiger charge is -2.04. The molecule has 0 radical (unpaired) electrons. The quantitative estimate of drug-likeness (QED) is 0.628. The Labute approximate surface area is 60.2 Å². The lowest BCUT2D eigenvalue weighted by molar-refractivity contribution is 0.109. The van der Waals surface area contributed by atoms with Crippen LogP contribution >= 0.6 is 0 Å². The van der Waals surface area contributed by atoms with Crippen LogP contribution in [-0.2, 0) is 4.74 Å². The number of hydrogen-bond acceptors (Lipinski definition) is 1. The van der Waals surface area contributed by atoms with Crippen molar-refractivity contribution in [2.45, 2.75) is 18.9 Å². The Kier molecular flexibility index (Phi) is 1.47. The molecule has 54 valence electrons. The highest BCUT2D eigenvalue weighted by Crippen LogP contribution is 2.26. The molecular formula is C8H11NO. The molecule has 2 rings (SSSR count). The Morgan fingerprint density at radius 2 is 2.60 bits per heavy atom. The number of rotatable bonds is 1. The second-order valence-electron chi connectivity index (χ2n) is 2.63. The van der Waals surface area contributed by atoms with Crippen molar-refractivity contribution in [3.05, 3.63) is 24.0 Å². The van der Waals surface area contributed by atoms with E-state index >= 15 is 0 Å². The smallest absolute Gasteiger partial charge is 0.0973 e. The Hall–Kier alpha value is -0.760. The van der Waals surface area contributed by atoms with E-state index in [0.717, 1.165) is 6.61 Å². The van der Waals surface area contributed by atoms with E-state index in [-0.39, 0.29) is 0 Å². The SMILES string of the molecule is c1c[nH]c(C2CCCO2)c1. The maximum absolute atomic E-state index is 5.47. The summed E-state index contributed by atoms with van der Waals surface area (Å²) in [4.78, 5) is 3.15. The third kappa shape index (κ3) is 0.948. The van der Waals surface area contributed by atoms with Crippen molar-refractivity contribution >= 4 is 0 Å². The van der Waals surface area contributed by atoms with Gasteiger partial charge in [-0.05, 0) is 25.0 Å². The van der Waals surface area contributed by atoms with Crippen LogP contribution in [0.25, 0.3) is 0 Å². The van der Waals surface area contributed by atoms with Crippen LogP contribution in [0.3, 0.4) is 0 Å². The van der Waals surface area contributed by atoms with Gasteiger partial charge in [-0.15, -0.1) is 0 Å². The van der Waals surface area contributed by atoms with Gasteiger partial charge in [-0.3, -0.25) is 0 Å². The van der Waals surface area contributed by atoms with Crippen molar-refractivity contribution in [3.8, 4) is 0 Å². The van der Waals surface area contributed by atoms with Crippen LogP contribution in [0.15, 0.2) is 18.3 Å². The van der Waals surface area contributed by atoms with Crippen molar-refractivity contribution in [2.75, 3.05) is 6.61 Å². The molecule has 2 heterocycles. The molecule has 1 fully saturated rings. The Morgan fingerprint density at radius 3 is 3.20 bits per heavy atom. The fourth-order valence-electron chi connectivity index (χ4n) is 1.37.